The van der Waals surface area contributed by atoms with Gasteiger partial charge in [0.2, 0.25) is 15.9 Å². The predicted molar refractivity (Wildman–Crippen MR) is 114 cm³/mol. The molecule has 0 fully saturated rings. The second-order valence-electron chi connectivity index (χ2n) is 6.70. The van der Waals surface area contributed by atoms with Gasteiger partial charge in [-0.1, -0.05) is 6.07 Å². The minimum Gasteiger partial charge on any atom is -0.496 e. The molecule has 0 unspecified atom stereocenters. The fourth-order valence-electron chi connectivity index (χ4n) is 2.89. The van der Waals surface area contributed by atoms with E-state index in [0.29, 0.717) is 35.8 Å². The van der Waals surface area contributed by atoms with Crippen LogP contribution in [-0.2, 0) is 21.2 Å². The summed E-state index contributed by atoms with van der Waals surface area (Å²) in [5, 5.41) is 2.74. The quantitative estimate of drug-likeness (QED) is 0.591. The maximum absolute atomic E-state index is 12.6. The smallest absolute Gasteiger partial charge is 0.241 e. The van der Waals surface area contributed by atoms with Crippen molar-refractivity contribution in [1.29, 1.82) is 0 Å². The Hall–Kier alpha value is -2.78. The van der Waals surface area contributed by atoms with Gasteiger partial charge in [-0.25, -0.2) is 8.42 Å². The first-order valence-corrected chi connectivity index (χ1v) is 10.9. The zero-order valence-electron chi connectivity index (χ0n) is 17.8. The van der Waals surface area contributed by atoms with E-state index in [0.717, 1.165) is 5.56 Å². The van der Waals surface area contributed by atoms with Crippen LogP contribution < -0.4 is 24.2 Å². The number of hydrogen-bond acceptors (Lipinski definition) is 6. The molecular formula is C21H28N2O6S. The fourth-order valence-corrected chi connectivity index (χ4v) is 4.18. The third-order valence-corrected chi connectivity index (χ3v) is 6.10. The second kappa shape index (κ2) is 10.3. The van der Waals surface area contributed by atoms with E-state index >= 15 is 0 Å². The van der Waals surface area contributed by atoms with Crippen molar-refractivity contribution in [2.75, 3.05) is 27.9 Å². The normalized spacial score (nSPS) is 12.2. The van der Waals surface area contributed by atoms with Crippen LogP contribution in [0.3, 0.4) is 0 Å². The molecule has 0 aliphatic rings. The standard InChI is InChI=1S/C21H28N2O6S/c1-14-12-17(7-9-18(14)27-3)30(25,26)23-15(2)21(24)22-11-10-16-6-8-19(28-4)20(13-16)29-5/h6-9,12-13,15,23H,10-11H2,1-5H3,(H,22,24)/t15-/m0/s1. The van der Waals surface area contributed by atoms with E-state index in [1.807, 2.05) is 12.1 Å². The van der Waals surface area contributed by atoms with Gasteiger partial charge in [-0.3, -0.25) is 4.79 Å². The van der Waals surface area contributed by atoms with Gasteiger partial charge in [0.05, 0.1) is 32.3 Å². The average molecular weight is 437 g/mol. The highest BCUT2D eigenvalue weighted by Gasteiger charge is 2.22. The van der Waals surface area contributed by atoms with Crippen LogP contribution in [-0.4, -0.2) is 48.2 Å². The summed E-state index contributed by atoms with van der Waals surface area (Å²) in [5.74, 6) is 1.42. The van der Waals surface area contributed by atoms with Crippen molar-refractivity contribution in [2.45, 2.75) is 31.2 Å². The highest BCUT2D eigenvalue weighted by Crippen LogP contribution is 2.27. The van der Waals surface area contributed by atoms with Gasteiger partial charge in [-0.15, -0.1) is 0 Å². The van der Waals surface area contributed by atoms with Gasteiger partial charge in [0.15, 0.2) is 11.5 Å². The van der Waals surface area contributed by atoms with Crippen LogP contribution >= 0.6 is 0 Å². The van der Waals surface area contributed by atoms with Crippen LogP contribution in [0.15, 0.2) is 41.3 Å². The van der Waals surface area contributed by atoms with Crippen molar-refractivity contribution in [3.8, 4) is 17.2 Å². The molecule has 2 aromatic carbocycles. The number of amides is 1. The number of sulfonamides is 1. The average Bonchev–Trinajstić information content (AvgIpc) is 2.73. The lowest BCUT2D eigenvalue weighted by molar-refractivity contribution is -0.122. The molecule has 0 aliphatic carbocycles. The third kappa shape index (κ3) is 5.87. The zero-order valence-corrected chi connectivity index (χ0v) is 18.6. The SMILES string of the molecule is COc1ccc(S(=O)(=O)N[C@@H](C)C(=O)NCCc2ccc(OC)c(OC)c2)cc1C. The fraction of sp³-hybridized carbons (Fsp3) is 0.381. The molecule has 164 valence electrons. The first-order chi connectivity index (χ1) is 14.2. The molecule has 0 heterocycles. The molecule has 0 aromatic heterocycles. The van der Waals surface area contributed by atoms with Crippen LogP contribution in [0.25, 0.3) is 0 Å². The molecule has 1 atom stereocenters. The lowest BCUT2D eigenvalue weighted by Gasteiger charge is -2.15. The molecule has 0 saturated carbocycles. The minimum atomic E-state index is -3.84. The monoisotopic (exact) mass is 436 g/mol. The molecule has 1 amide bonds. The van der Waals surface area contributed by atoms with Crippen molar-refractivity contribution in [3.63, 3.8) is 0 Å². The summed E-state index contributed by atoms with van der Waals surface area (Å²) >= 11 is 0. The summed E-state index contributed by atoms with van der Waals surface area (Å²) in [5.41, 5.74) is 1.64. The largest absolute Gasteiger partial charge is 0.496 e. The van der Waals surface area contributed by atoms with Gasteiger partial charge in [-0.05, 0) is 61.7 Å². The summed E-state index contributed by atoms with van der Waals surface area (Å²) in [6.45, 7) is 3.60. The molecule has 0 bridgehead atoms. The Labute approximate surface area is 177 Å². The topological polar surface area (TPSA) is 103 Å². The number of carbonyl (C=O) groups excluding carboxylic acids is 1. The molecule has 9 heteroatoms. The van der Waals surface area contributed by atoms with E-state index < -0.39 is 22.0 Å². The summed E-state index contributed by atoms with van der Waals surface area (Å²) in [6, 6.07) is 9.11. The van der Waals surface area contributed by atoms with E-state index in [2.05, 4.69) is 10.0 Å². The number of methoxy groups -OCH3 is 3. The number of ether oxygens (including phenoxy) is 3. The number of benzene rings is 2. The maximum atomic E-state index is 12.6. The highest BCUT2D eigenvalue weighted by molar-refractivity contribution is 7.89. The van der Waals surface area contributed by atoms with Crippen LogP contribution in [0.2, 0.25) is 0 Å². The van der Waals surface area contributed by atoms with E-state index in [1.54, 1.807) is 33.3 Å². The summed E-state index contributed by atoms with van der Waals surface area (Å²) in [6.07, 6.45) is 0.559. The lowest BCUT2D eigenvalue weighted by Crippen LogP contribution is -2.45. The van der Waals surface area contributed by atoms with Crippen LogP contribution in [0, 0.1) is 6.92 Å². The third-order valence-electron chi connectivity index (χ3n) is 4.56. The number of nitrogens with one attached hydrogen (secondary N) is 2. The highest BCUT2D eigenvalue weighted by atomic mass is 32.2. The number of carbonyl (C=O) groups is 1. The van der Waals surface area contributed by atoms with Crippen molar-refractivity contribution >= 4 is 15.9 Å². The Morgan fingerprint density at radius 2 is 1.60 bits per heavy atom. The molecule has 0 aliphatic heterocycles. The number of hydrogen-bond donors (Lipinski definition) is 2. The van der Waals surface area contributed by atoms with Crippen molar-refractivity contribution in [2.24, 2.45) is 0 Å². The number of aryl methyl sites for hydroxylation is 1. The lowest BCUT2D eigenvalue weighted by atomic mass is 10.1. The minimum absolute atomic E-state index is 0.0748. The molecule has 30 heavy (non-hydrogen) atoms. The summed E-state index contributed by atoms with van der Waals surface area (Å²) < 4.78 is 43.1. The Morgan fingerprint density at radius 1 is 0.967 bits per heavy atom. The van der Waals surface area contributed by atoms with E-state index in [-0.39, 0.29) is 4.90 Å². The van der Waals surface area contributed by atoms with E-state index in [4.69, 9.17) is 14.2 Å². The van der Waals surface area contributed by atoms with Gasteiger partial charge in [0.1, 0.15) is 5.75 Å². The van der Waals surface area contributed by atoms with Gasteiger partial charge >= 0.3 is 0 Å². The molecule has 0 spiro atoms. The Morgan fingerprint density at radius 3 is 2.20 bits per heavy atom. The Bertz CT molecular complexity index is 991. The van der Waals surface area contributed by atoms with Crippen molar-refractivity contribution in [3.05, 3.63) is 47.5 Å². The molecule has 2 aromatic rings. The molecule has 2 rings (SSSR count). The Kier molecular flexibility index (Phi) is 8.08. The zero-order chi connectivity index (χ0) is 22.3. The van der Waals surface area contributed by atoms with Gasteiger partial charge in [0, 0.05) is 6.54 Å². The van der Waals surface area contributed by atoms with Gasteiger partial charge in [-0.2, -0.15) is 4.72 Å². The van der Waals surface area contributed by atoms with Crippen LogP contribution in [0.4, 0.5) is 0 Å². The van der Waals surface area contributed by atoms with E-state index in [9.17, 15) is 13.2 Å². The molecular weight excluding hydrogens is 408 g/mol. The first kappa shape index (κ1) is 23.5. The van der Waals surface area contributed by atoms with Crippen molar-refractivity contribution in [1.82, 2.24) is 10.0 Å². The molecule has 8 nitrogen and oxygen atoms in total. The second-order valence-corrected chi connectivity index (χ2v) is 8.42. The van der Waals surface area contributed by atoms with Gasteiger partial charge < -0.3 is 19.5 Å². The van der Waals surface area contributed by atoms with E-state index in [1.165, 1.54) is 26.2 Å². The number of rotatable bonds is 10. The predicted octanol–water partition coefficient (Wildman–Crippen LogP) is 2.05. The maximum Gasteiger partial charge on any atom is 0.241 e. The molecule has 0 radical (unpaired) electrons. The molecule has 2 N–H and O–H groups in total. The van der Waals surface area contributed by atoms with Crippen LogP contribution in [0.5, 0.6) is 17.2 Å². The molecule has 0 saturated heterocycles. The Balaban J connectivity index is 1.93. The van der Waals surface area contributed by atoms with Crippen LogP contribution in [0.1, 0.15) is 18.1 Å². The first-order valence-electron chi connectivity index (χ1n) is 9.37. The summed E-state index contributed by atoms with van der Waals surface area (Å²) in [4.78, 5) is 12.4. The summed E-state index contributed by atoms with van der Waals surface area (Å²) in [7, 11) is 0.794. The van der Waals surface area contributed by atoms with Crippen molar-refractivity contribution < 1.29 is 27.4 Å². The van der Waals surface area contributed by atoms with Gasteiger partial charge in [0.25, 0.3) is 0 Å².